The summed E-state index contributed by atoms with van der Waals surface area (Å²) in [6, 6.07) is 0. The van der Waals surface area contributed by atoms with Gasteiger partial charge in [0.15, 0.2) is 0 Å². The van der Waals surface area contributed by atoms with E-state index in [4.69, 9.17) is 5.73 Å². The molecular weight excluding hydrogens is 128 g/mol. The maximum Gasteiger partial charge on any atom is 0.222 e. The van der Waals surface area contributed by atoms with Crippen LogP contribution in [0.2, 0.25) is 0 Å². The van der Waals surface area contributed by atoms with Crippen LogP contribution in [-0.2, 0) is 4.79 Å². The van der Waals surface area contributed by atoms with E-state index < -0.39 is 0 Å². The van der Waals surface area contributed by atoms with Crippen LogP contribution in [0.1, 0.15) is 19.8 Å². The van der Waals surface area contributed by atoms with Gasteiger partial charge in [0.2, 0.25) is 5.91 Å². The second kappa shape index (κ2) is 5.23. The maximum absolute atomic E-state index is 11.0. The van der Waals surface area contributed by atoms with E-state index in [0.717, 1.165) is 12.8 Å². The molecule has 10 heavy (non-hydrogen) atoms. The Morgan fingerprint density at radius 2 is 2.30 bits per heavy atom. The zero-order valence-corrected chi connectivity index (χ0v) is 6.68. The van der Waals surface area contributed by atoms with Gasteiger partial charge >= 0.3 is 0 Å². The molecule has 3 nitrogen and oxygen atoms in total. The molecule has 0 aliphatic heterocycles. The van der Waals surface area contributed by atoms with E-state index in [0.29, 0.717) is 6.54 Å². The van der Waals surface area contributed by atoms with Crippen LogP contribution < -0.4 is 11.1 Å². The van der Waals surface area contributed by atoms with Crippen LogP contribution in [0.5, 0.6) is 0 Å². The smallest absolute Gasteiger partial charge is 0.222 e. The van der Waals surface area contributed by atoms with E-state index in [2.05, 4.69) is 5.32 Å². The number of carbonyl (C=O) groups is 1. The van der Waals surface area contributed by atoms with Gasteiger partial charge in [-0.05, 0) is 19.4 Å². The predicted octanol–water partition coefficient (Wildman–Crippen LogP) is 0.107. The first-order valence-corrected chi connectivity index (χ1v) is 3.67. The lowest BCUT2D eigenvalue weighted by atomic mass is 10.0. The standard InChI is InChI=1S/C7H16N2O/c1-3-6(4-5-8)7(10)9-2/h6H,3-5,8H2,1-2H3,(H,9,10). The molecule has 1 atom stereocenters. The summed E-state index contributed by atoms with van der Waals surface area (Å²) >= 11 is 0. The van der Waals surface area contributed by atoms with Crippen molar-refractivity contribution in [2.24, 2.45) is 11.7 Å². The minimum absolute atomic E-state index is 0.105. The van der Waals surface area contributed by atoms with Gasteiger partial charge < -0.3 is 11.1 Å². The molecular formula is C7H16N2O. The molecule has 0 fully saturated rings. The van der Waals surface area contributed by atoms with Gasteiger partial charge in [0, 0.05) is 13.0 Å². The molecule has 0 aliphatic carbocycles. The van der Waals surface area contributed by atoms with Gasteiger partial charge in [-0.15, -0.1) is 0 Å². The summed E-state index contributed by atoms with van der Waals surface area (Å²) in [4.78, 5) is 11.0. The molecule has 3 N–H and O–H groups in total. The Morgan fingerprint density at radius 3 is 2.60 bits per heavy atom. The molecule has 1 amide bonds. The molecule has 0 aromatic heterocycles. The molecule has 0 radical (unpaired) electrons. The Balaban J connectivity index is 3.68. The summed E-state index contributed by atoms with van der Waals surface area (Å²) in [7, 11) is 1.65. The summed E-state index contributed by atoms with van der Waals surface area (Å²) in [5, 5.41) is 2.61. The molecule has 0 spiro atoms. The molecule has 0 rings (SSSR count). The number of hydrogen-bond acceptors (Lipinski definition) is 2. The summed E-state index contributed by atoms with van der Waals surface area (Å²) in [5.41, 5.74) is 5.32. The fourth-order valence-electron chi connectivity index (χ4n) is 0.926. The van der Waals surface area contributed by atoms with Gasteiger partial charge in [-0.3, -0.25) is 4.79 Å². The van der Waals surface area contributed by atoms with Crippen molar-refractivity contribution in [1.82, 2.24) is 5.32 Å². The van der Waals surface area contributed by atoms with Crippen LogP contribution in [0.4, 0.5) is 0 Å². The highest BCUT2D eigenvalue weighted by atomic mass is 16.1. The fourth-order valence-corrected chi connectivity index (χ4v) is 0.926. The lowest BCUT2D eigenvalue weighted by Crippen LogP contribution is -2.28. The maximum atomic E-state index is 11.0. The Kier molecular flexibility index (Phi) is 4.94. The Morgan fingerprint density at radius 1 is 1.70 bits per heavy atom. The minimum Gasteiger partial charge on any atom is -0.359 e. The molecule has 1 unspecified atom stereocenters. The topological polar surface area (TPSA) is 55.1 Å². The third-order valence-electron chi connectivity index (χ3n) is 1.63. The first-order valence-electron chi connectivity index (χ1n) is 3.67. The molecule has 3 heteroatoms. The van der Waals surface area contributed by atoms with E-state index in [1.165, 1.54) is 0 Å². The number of hydrogen-bond donors (Lipinski definition) is 2. The van der Waals surface area contributed by atoms with Crippen molar-refractivity contribution < 1.29 is 4.79 Å². The van der Waals surface area contributed by atoms with E-state index >= 15 is 0 Å². The highest BCUT2D eigenvalue weighted by Gasteiger charge is 2.12. The van der Waals surface area contributed by atoms with E-state index in [1.54, 1.807) is 7.05 Å². The van der Waals surface area contributed by atoms with Crippen molar-refractivity contribution >= 4 is 5.91 Å². The van der Waals surface area contributed by atoms with E-state index in [9.17, 15) is 4.79 Å². The van der Waals surface area contributed by atoms with Gasteiger partial charge in [0.05, 0.1) is 0 Å². The van der Waals surface area contributed by atoms with Crippen molar-refractivity contribution in [2.75, 3.05) is 13.6 Å². The van der Waals surface area contributed by atoms with Gasteiger partial charge in [-0.25, -0.2) is 0 Å². The molecule has 0 aromatic rings. The summed E-state index contributed by atoms with van der Waals surface area (Å²) < 4.78 is 0. The van der Waals surface area contributed by atoms with Gasteiger partial charge in [-0.1, -0.05) is 6.92 Å². The van der Waals surface area contributed by atoms with Crippen LogP contribution in [-0.4, -0.2) is 19.5 Å². The Bertz CT molecular complexity index is 104. The Labute approximate surface area is 62.0 Å². The molecule has 0 aromatic carbocycles. The Hall–Kier alpha value is -0.570. The van der Waals surface area contributed by atoms with Crippen molar-refractivity contribution in [3.63, 3.8) is 0 Å². The highest BCUT2D eigenvalue weighted by molar-refractivity contribution is 5.78. The third-order valence-corrected chi connectivity index (χ3v) is 1.63. The second-order valence-electron chi connectivity index (χ2n) is 2.30. The summed E-state index contributed by atoms with van der Waals surface area (Å²) in [6.07, 6.45) is 1.66. The fraction of sp³-hybridized carbons (Fsp3) is 0.857. The lowest BCUT2D eigenvalue weighted by molar-refractivity contribution is -0.124. The molecule has 0 saturated carbocycles. The van der Waals surface area contributed by atoms with Crippen LogP contribution in [0.15, 0.2) is 0 Å². The molecule has 0 heterocycles. The predicted molar refractivity (Wildman–Crippen MR) is 41.5 cm³/mol. The second-order valence-corrected chi connectivity index (χ2v) is 2.30. The highest BCUT2D eigenvalue weighted by Crippen LogP contribution is 2.05. The van der Waals surface area contributed by atoms with Crippen molar-refractivity contribution in [3.8, 4) is 0 Å². The van der Waals surface area contributed by atoms with E-state index in [-0.39, 0.29) is 11.8 Å². The number of nitrogens with two attached hydrogens (primary N) is 1. The van der Waals surface area contributed by atoms with Gasteiger partial charge in [0.25, 0.3) is 0 Å². The first kappa shape index (κ1) is 9.43. The number of amides is 1. The molecule has 0 saturated heterocycles. The van der Waals surface area contributed by atoms with Crippen LogP contribution in [0, 0.1) is 5.92 Å². The van der Waals surface area contributed by atoms with Crippen molar-refractivity contribution in [1.29, 1.82) is 0 Å². The lowest BCUT2D eigenvalue weighted by Gasteiger charge is -2.10. The summed E-state index contributed by atoms with van der Waals surface area (Å²) in [6.45, 7) is 2.58. The van der Waals surface area contributed by atoms with Crippen molar-refractivity contribution in [3.05, 3.63) is 0 Å². The molecule has 60 valence electrons. The monoisotopic (exact) mass is 144 g/mol. The average Bonchev–Trinajstić information content (AvgIpc) is 1.99. The third kappa shape index (κ3) is 2.82. The van der Waals surface area contributed by atoms with Gasteiger partial charge in [-0.2, -0.15) is 0 Å². The van der Waals surface area contributed by atoms with Gasteiger partial charge in [0.1, 0.15) is 0 Å². The molecule has 0 aliphatic rings. The SMILES string of the molecule is CCC(CCN)C(=O)NC. The van der Waals surface area contributed by atoms with Crippen molar-refractivity contribution in [2.45, 2.75) is 19.8 Å². The normalized spacial score (nSPS) is 12.7. The summed E-state index contributed by atoms with van der Waals surface area (Å²) in [5.74, 6) is 0.211. The van der Waals surface area contributed by atoms with Crippen LogP contribution in [0.3, 0.4) is 0 Å². The van der Waals surface area contributed by atoms with E-state index in [1.807, 2.05) is 6.92 Å². The molecule has 0 bridgehead atoms. The first-order chi connectivity index (χ1) is 4.76. The van der Waals surface area contributed by atoms with Crippen LogP contribution in [0.25, 0.3) is 0 Å². The number of nitrogens with one attached hydrogen (secondary N) is 1. The number of carbonyl (C=O) groups excluding carboxylic acids is 1. The quantitative estimate of drug-likeness (QED) is 0.588. The zero-order chi connectivity index (χ0) is 7.98. The number of rotatable bonds is 4. The largest absolute Gasteiger partial charge is 0.359 e. The average molecular weight is 144 g/mol. The van der Waals surface area contributed by atoms with Crippen LogP contribution >= 0.6 is 0 Å². The zero-order valence-electron chi connectivity index (χ0n) is 6.68. The minimum atomic E-state index is 0.105.